The van der Waals surface area contributed by atoms with Crippen LogP contribution in [0.3, 0.4) is 0 Å². The Hall–Kier alpha value is -2.75. The Kier molecular flexibility index (Phi) is 3.13. The Balaban J connectivity index is 1.95. The molecule has 0 bridgehead atoms. The Morgan fingerprint density at radius 2 is 1.70 bits per heavy atom. The highest BCUT2D eigenvalue weighted by atomic mass is 16.5. The number of ether oxygens (including phenoxy) is 2. The van der Waals surface area contributed by atoms with Gasteiger partial charge < -0.3 is 15.2 Å². The van der Waals surface area contributed by atoms with E-state index in [1.807, 2.05) is 42.5 Å². The molecule has 0 spiro atoms. The van der Waals surface area contributed by atoms with Gasteiger partial charge in [-0.05, 0) is 42.5 Å². The van der Waals surface area contributed by atoms with Gasteiger partial charge in [0.05, 0.1) is 12.8 Å². The minimum absolute atomic E-state index is 0.612. The lowest BCUT2D eigenvalue weighted by atomic mass is 10.1. The first-order chi connectivity index (χ1) is 9.78. The van der Waals surface area contributed by atoms with Gasteiger partial charge in [0.1, 0.15) is 11.5 Å². The van der Waals surface area contributed by atoms with Gasteiger partial charge in [-0.15, -0.1) is 0 Å². The van der Waals surface area contributed by atoms with Gasteiger partial charge in [0.15, 0.2) is 5.75 Å². The molecule has 2 aromatic carbocycles. The van der Waals surface area contributed by atoms with Gasteiger partial charge in [-0.1, -0.05) is 0 Å². The number of hydrogen-bond acceptors (Lipinski definition) is 4. The van der Waals surface area contributed by atoms with Crippen LogP contribution in [0.5, 0.6) is 17.2 Å². The predicted molar refractivity (Wildman–Crippen MR) is 79.2 cm³/mol. The molecule has 0 saturated heterocycles. The number of nitrogens with zero attached hydrogens (tertiary/aromatic N) is 1. The molecule has 0 aliphatic rings. The summed E-state index contributed by atoms with van der Waals surface area (Å²) in [5.41, 5.74) is 6.76. The van der Waals surface area contributed by atoms with Crippen LogP contribution in [0, 0.1) is 0 Å². The van der Waals surface area contributed by atoms with Gasteiger partial charge >= 0.3 is 0 Å². The Morgan fingerprint density at radius 3 is 2.45 bits per heavy atom. The standard InChI is InChI=1S/C16H14N2O2/c1-19-12-3-5-13(6-4-12)20-15-7-2-11-10-18-9-8-14(11)16(15)17/h2-10H,17H2,1H3. The van der Waals surface area contributed by atoms with Crippen LogP contribution in [0.25, 0.3) is 10.8 Å². The van der Waals surface area contributed by atoms with E-state index in [1.54, 1.807) is 19.5 Å². The van der Waals surface area contributed by atoms with E-state index >= 15 is 0 Å². The fraction of sp³-hybridized carbons (Fsp3) is 0.0625. The minimum Gasteiger partial charge on any atom is -0.497 e. The number of fused-ring (bicyclic) bond motifs is 1. The van der Waals surface area contributed by atoms with Crippen molar-refractivity contribution in [2.75, 3.05) is 12.8 Å². The molecular weight excluding hydrogens is 252 g/mol. The minimum atomic E-state index is 0.612. The molecule has 2 N–H and O–H groups in total. The molecule has 0 amide bonds. The zero-order chi connectivity index (χ0) is 13.9. The molecule has 0 atom stereocenters. The molecule has 3 aromatic rings. The molecular formula is C16H14N2O2. The predicted octanol–water partition coefficient (Wildman–Crippen LogP) is 3.62. The van der Waals surface area contributed by atoms with Crippen LogP contribution in [0.15, 0.2) is 54.9 Å². The van der Waals surface area contributed by atoms with Crippen molar-refractivity contribution in [1.82, 2.24) is 4.98 Å². The summed E-state index contributed by atoms with van der Waals surface area (Å²) in [7, 11) is 1.63. The summed E-state index contributed by atoms with van der Waals surface area (Å²) in [5, 5.41) is 1.93. The van der Waals surface area contributed by atoms with Crippen molar-refractivity contribution in [3.05, 3.63) is 54.9 Å². The van der Waals surface area contributed by atoms with Crippen LogP contribution in [0.2, 0.25) is 0 Å². The second-order valence-electron chi connectivity index (χ2n) is 4.35. The molecule has 1 aromatic heterocycles. The van der Waals surface area contributed by atoms with Gasteiger partial charge in [0.2, 0.25) is 0 Å². The molecule has 4 nitrogen and oxygen atoms in total. The highest BCUT2D eigenvalue weighted by Gasteiger charge is 2.06. The molecule has 0 aliphatic carbocycles. The van der Waals surface area contributed by atoms with E-state index in [2.05, 4.69) is 4.98 Å². The van der Waals surface area contributed by atoms with Gasteiger partial charge in [-0.25, -0.2) is 0 Å². The first kappa shape index (κ1) is 12.3. The van der Waals surface area contributed by atoms with Gasteiger partial charge in [0, 0.05) is 23.2 Å². The van der Waals surface area contributed by atoms with Crippen molar-refractivity contribution in [3.8, 4) is 17.2 Å². The summed E-state index contributed by atoms with van der Waals surface area (Å²) < 4.78 is 10.9. The number of methoxy groups -OCH3 is 1. The van der Waals surface area contributed by atoms with Crippen LogP contribution in [0.1, 0.15) is 0 Å². The lowest BCUT2D eigenvalue weighted by molar-refractivity contribution is 0.413. The van der Waals surface area contributed by atoms with E-state index in [1.165, 1.54) is 0 Å². The zero-order valence-electron chi connectivity index (χ0n) is 11.0. The molecule has 0 aliphatic heterocycles. The van der Waals surface area contributed by atoms with Crippen molar-refractivity contribution < 1.29 is 9.47 Å². The van der Waals surface area contributed by atoms with E-state index < -0.39 is 0 Å². The van der Waals surface area contributed by atoms with Gasteiger partial charge in [-0.2, -0.15) is 0 Å². The normalized spacial score (nSPS) is 10.4. The molecule has 0 saturated carbocycles. The largest absolute Gasteiger partial charge is 0.497 e. The summed E-state index contributed by atoms with van der Waals surface area (Å²) in [6, 6.07) is 13.0. The van der Waals surface area contributed by atoms with E-state index in [0.717, 1.165) is 16.5 Å². The maximum absolute atomic E-state index is 6.15. The highest BCUT2D eigenvalue weighted by molar-refractivity contribution is 5.95. The molecule has 3 rings (SSSR count). The second kappa shape index (κ2) is 5.09. The van der Waals surface area contributed by atoms with E-state index in [9.17, 15) is 0 Å². The fourth-order valence-corrected chi connectivity index (χ4v) is 2.03. The number of aromatic nitrogens is 1. The maximum Gasteiger partial charge on any atom is 0.150 e. The zero-order valence-corrected chi connectivity index (χ0v) is 11.0. The van der Waals surface area contributed by atoms with Gasteiger partial charge in [0.25, 0.3) is 0 Å². The number of nitrogen functional groups attached to an aromatic ring is 1. The van der Waals surface area contributed by atoms with E-state index in [4.69, 9.17) is 15.2 Å². The van der Waals surface area contributed by atoms with Crippen molar-refractivity contribution >= 4 is 16.5 Å². The van der Waals surface area contributed by atoms with Crippen molar-refractivity contribution in [3.63, 3.8) is 0 Å². The summed E-state index contributed by atoms with van der Waals surface area (Å²) in [6.45, 7) is 0. The third-order valence-corrected chi connectivity index (χ3v) is 3.11. The number of benzene rings is 2. The molecule has 0 radical (unpaired) electrons. The van der Waals surface area contributed by atoms with Crippen LogP contribution in [0.4, 0.5) is 5.69 Å². The number of rotatable bonds is 3. The van der Waals surface area contributed by atoms with Crippen molar-refractivity contribution in [2.45, 2.75) is 0 Å². The van der Waals surface area contributed by atoms with Gasteiger partial charge in [-0.3, -0.25) is 4.98 Å². The van der Waals surface area contributed by atoms with Crippen LogP contribution < -0.4 is 15.2 Å². The summed E-state index contributed by atoms with van der Waals surface area (Å²) >= 11 is 0. The second-order valence-corrected chi connectivity index (χ2v) is 4.35. The quantitative estimate of drug-likeness (QED) is 0.736. The monoisotopic (exact) mass is 266 g/mol. The number of pyridine rings is 1. The highest BCUT2D eigenvalue weighted by Crippen LogP contribution is 2.33. The lowest BCUT2D eigenvalue weighted by Crippen LogP contribution is -1.94. The number of anilines is 1. The van der Waals surface area contributed by atoms with Crippen LogP contribution in [-0.2, 0) is 0 Å². The third-order valence-electron chi connectivity index (χ3n) is 3.11. The molecule has 20 heavy (non-hydrogen) atoms. The third kappa shape index (κ3) is 2.23. The Bertz CT molecular complexity index is 739. The Labute approximate surface area is 116 Å². The molecule has 4 heteroatoms. The first-order valence-electron chi connectivity index (χ1n) is 6.22. The number of nitrogens with two attached hydrogens (primary N) is 1. The topological polar surface area (TPSA) is 57.4 Å². The lowest BCUT2D eigenvalue weighted by Gasteiger charge is -2.11. The summed E-state index contributed by atoms with van der Waals surface area (Å²) in [4.78, 5) is 4.08. The molecule has 100 valence electrons. The summed E-state index contributed by atoms with van der Waals surface area (Å²) in [6.07, 6.45) is 3.50. The fourth-order valence-electron chi connectivity index (χ4n) is 2.03. The van der Waals surface area contributed by atoms with Crippen molar-refractivity contribution in [2.24, 2.45) is 0 Å². The van der Waals surface area contributed by atoms with Crippen LogP contribution in [-0.4, -0.2) is 12.1 Å². The molecule has 0 unspecified atom stereocenters. The SMILES string of the molecule is COc1ccc(Oc2ccc3cnccc3c2N)cc1. The molecule has 1 heterocycles. The van der Waals surface area contributed by atoms with E-state index in [-0.39, 0.29) is 0 Å². The smallest absolute Gasteiger partial charge is 0.150 e. The number of hydrogen-bond donors (Lipinski definition) is 1. The summed E-state index contributed by atoms with van der Waals surface area (Å²) in [5.74, 6) is 2.13. The van der Waals surface area contributed by atoms with E-state index in [0.29, 0.717) is 17.2 Å². The average Bonchev–Trinajstić information content (AvgIpc) is 2.51. The Morgan fingerprint density at radius 1 is 0.950 bits per heavy atom. The first-order valence-corrected chi connectivity index (χ1v) is 6.22. The average molecular weight is 266 g/mol. The van der Waals surface area contributed by atoms with Crippen LogP contribution >= 0.6 is 0 Å². The maximum atomic E-state index is 6.15. The molecule has 0 fully saturated rings. The van der Waals surface area contributed by atoms with Crippen molar-refractivity contribution in [1.29, 1.82) is 0 Å².